The van der Waals surface area contributed by atoms with Gasteiger partial charge >= 0.3 is 0 Å². The Labute approximate surface area is 143 Å². The first-order valence-electron chi connectivity index (χ1n) is 9.07. The molecule has 2 rings (SSSR count). The van der Waals surface area contributed by atoms with E-state index in [-0.39, 0.29) is 0 Å². The van der Waals surface area contributed by atoms with Crippen molar-refractivity contribution >= 4 is 0 Å². The van der Waals surface area contributed by atoms with Gasteiger partial charge in [-0.3, -0.25) is 0 Å². The highest BCUT2D eigenvalue weighted by atomic mass is 15.1. The molecule has 1 aromatic carbocycles. The number of benzene rings is 1. The Morgan fingerprint density at radius 2 is 1.52 bits per heavy atom. The fourth-order valence-corrected chi connectivity index (χ4v) is 1.76. The van der Waals surface area contributed by atoms with E-state index in [0.29, 0.717) is 12.6 Å². The third kappa shape index (κ3) is 7.98. The number of hydrogen-bond donors (Lipinski definition) is 1. The lowest BCUT2D eigenvalue weighted by Gasteiger charge is -2.08. The van der Waals surface area contributed by atoms with Gasteiger partial charge in [0, 0.05) is 24.3 Å². The Bertz CT molecular complexity index is 472. The molecule has 3 heteroatoms. The Morgan fingerprint density at radius 1 is 1.00 bits per heavy atom. The van der Waals surface area contributed by atoms with Crippen LogP contribution in [-0.4, -0.2) is 16.1 Å². The number of aryl methyl sites for hydroxylation is 1. The van der Waals surface area contributed by atoms with Crippen molar-refractivity contribution in [3.63, 3.8) is 0 Å². The summed E-state index contributed by atoms with van der Waals surface area (Å²) in [6.45, 7) is 16.9. The topological polar surface area (TPSA) is 43.8 Å². The lowest BCUT2D eigenvalue weighted by molar-refractivity contribution is 0.558. The van der Waals surface area contributed by atoms with E-state index in [1.54, 1.807) is 0 Å². The minimum absolute atomic E-state index is 0.297. The van der Waals surface area contributed by atoms with Gasteiger partial charge in [0.25, 0.3) is 0 Å². The molecule has 0 radical (unpaired) electrons. The summed E-state index contributed by atoms with van der Waals surface area (Å²) in [5.74, 6) is 0. The van der Waals surface area contributed by atoms with Crippen molar-refractivity contribution in [2.75, 3.05) is 6.54 Å². The molecule has 0 aliphatic rings. The van der Waals surface area contributed by atoms with Crippen LogP contribution in [0.2, 0.25) is 0 Å². The molecule has 0 spiro atoms. The number of nitrogens with two attached hydrogens (primary N) is 1. The average molecular weight is 320 g/mol. The largest absolute Gasteiger partial charge is 0.333 e. The quantitative estimate of drug-likeness (QED) is 0.784. The molecule has 3 nitrogen and oxygen atoms in total. The summed E-state index contributed by atoms with van der Waals surface area (Å²) in [6.07, 6.45) is 4.97. The SMILES string of the molecule is CC.CC.CC.CCc1ccc(-c2cn(C(C)CN)cn2)cc1. The van der Waals surface area contributed by atoms with Crippen molar-refractivity contribution in [3.05, 3.63) is 42.4 Å². The fraction of sp³-hybridized carbons (Fsp3) is 0.550. The second kappa shape index (κ2) is 15.3. The molecule has 23 heavy (non-hydrogen) atoms. The molecular formula is C20H37N3. The van der Waals surface area contributed by atoms with Crippen LogP contribution < -0.4 is 5.73 Å². The highest BCUT2D eigenvalue weighted by Crippen LogP contribution is 2.19. The van der Waals surface area contributed by atoms with Gasteiger partial charge in [-0.2, -0.15) is 0 Å². The van der Waals surface area contributed by atoms with E-state index in [2.05, 4.69) is 53.9 Å². The number of imidazole rings is 1. The highest BCUT2D eigenvalue weighted by molar-refractivity contribution is 5.58. The second-order valence-electron chi connectivity index (χ2n) is 4.34. The van der Waals surface area contributed by atoms with Crippen molar-refractivity contribution in [1.29, 1.82) is 0 Å². The molecule has 1 heterocycles. The lowest BCUT2D eigenvalue weighted by atomic mass is 10.1. The van der Waals surface area contributed by atoms with Gasteiger partial charge in [0.05, 0.1) is 12.0 Å². The molecule has 0 saturated carbocycles. The molecule has 0 fully saturated rings. The van der Waals surface area contributed by atoms with E-state index in [1.165, 1.54) is 5.56 Å². The van der Waals surface area contributed by atoms with Gasteiger partial charge in [-0.15, -0.1) is 0 Å². The fourth-order valence-electron chi connectivity index (χ4n) is 1.76. The first-order chi connectivity index (χ1) is 11.2. The van der Waals surface area contributed by atoms with Gasteiger partial charge in [0.2, 0.25) is 0 Å². The Morgan fingerprint density at radius 3 is 1.96 bits per heavy atom. The monoisotopic (exact) mass is 319 g/mol. The smallest absolute Gasteiger partial charge is 0.0956 e. The zero-order chi connectivity index (χ0) is 18.3. The summed E-state index contributed by atoms with van der Waals surface area (Å²) < 4.78 is 2.06. The number of rotatable bonds is 4. The predicted molar refractivity (Wildman–Crippen MR) is 105 cm³/mol. The molecular weight excluding hydrogens is 282 g/mol. The van der Waals surface area contributed by atoms with E-state index >= 15 is 0 Å². The highest BCUT2D eigenvalue weighted by Gasteiger charge is 2.05. The molecule has 0 aliphatic heterocycles. The standard InChI is InChI=1S/C14H19N3.3C2H6/c1-3-12-4-6-13(7-5-12)14-9-17(10-16-14)11(2)8-15;3*1-2/h4-7,9-11H,3,8,15H2,1-2H3;3*1-2H3. The first kappa shape index (κ1) is 23.7. The predicted octanol–water partition coefficient (Wildman–Crippen LogP) is 5.71. The van der Waals surface area contributed by atoms with Gasteiger partial charge in [0.15, 0.2) is 0 Å². The maximum atomic E-state index is 5.64. The molecule has 0 amide bonds. The van der Waals surface area contributed by atoms with E-state index in [0.717, 1.165) is 17.7 Å². The van der Waals surface area contributed by atoms with Gasteiger partial charge in [0.1, 0.15) is 0 Å². The Balaban J connectivity index is 0. The van der Waals surface area contributed by atoms with Gasteiger partial charge in [-0.1, -0.05) is 72.7 Å². The minimum Gasteiger partial charge on any atom is -0.333 e. The van der Waals surface area contributed by atoms with Crippen LogP contribution in [0.15, 0.2) is 36.8 Å². The van der Waals surface area contributed by atoms with E-state index in [4.69, 9.17) is 5.73 Å². The van der Waals surface area contributed by atoms with Crippen LogP contribution in [0.25, 0.3) is 11.3 Å². The van der Waals surface area contributed by atoms with Crippen molar-refractivity contribution in [2.45, 2.75) is 67.9 Å². The van der Waals surface area contributed by atoms with Crippen LogP contribution in [0.3, 0.4) is 0 Å². The van der Waals surface area contributed by atoms with Crippen LogP contribution in [0.4, 0.5) is 0 Å². The normalized spacial score (nSPS) is 10.1. The molecule has 2 aromatic rings. The summed E-state index contributed by atoms with van der Waals surface area (Å²) >= 11 is 0. The third-order valence-corrected chi connectivity index (χ3v) is 3.11. The van der Waals surface area contributed by atoms with Crippen LogP contribution >= 0.6 is 0 Å². The van der Waals surface area contributed by atoms with Crippen LogP contribution in [0, 0.1) is 0 Å². The van der Waals surface area contributed by atoms with Crippen molar-refractivity contribution in [1.82, 2.24) is 9.55 Å². The van der Waals surface area contributed by atoms with Gasteiger partial charge in [-0.05, 0) is 18.9 Å². The molecule has 0 aliphatic carbocycles. The number of aromatic nitrogens is 2. The van der Waals surface area contributed by atoms with Gasteiger partial charge in [-0.25, -0.2) is 4.98 Å². The summed E-state index contributed by atoms with van der Waals surface area (Å²) in [5, 5.41) is 0. The minimum atomic E-state index is 0.297. The van der Waals surface area contributed by atoms with Gasteiger partial charge < -0.3 is 10.3 Å². The van der Waals surface area contributed by atoms with Crippen LogP contribution in [0.5, 0.6) is 0 Å². The molecule has 1 aromatic heterocycles. The molecule has 1 atom stereocenters. The van der Waals surface area contributed by atoms with Crippen LogP contribution in [-0.2, 0) is 6.42 Å². The summed E-state index contributed by atoms with van der Waals surface area (Å²) in [5.41, 5.74) is 9.16. The molecule has 132 valence electrons. The Hall–Kier alpha value is -1.61. The molecule has 1 unspecified atom stereocenters. The average Bonchev–Trinajstić information content (AvgIpc) is 3.16. The van der Waals surface area contributed by atoms with Crippen molar-refractivity contribution in [2.24, 2.45) is 5.73 Å². The third-order valence-electron chi connectivity index (χ3n) is 3.11. The number of hydrogen-bond acceptors (Lipinski definition) is 2. The van der Waals surface area contributed by atoms with E-state index < -0.39 is 0 Å². The summed E-state index contributed by atoms with van der Waals surface area (Å²) in [7, 11) is 0. The summed E-state index contributed by atoms with van der Waals surface area (Å²) in [6, 6.07) is 8.85. The second-order valence-corrected chi connectivity index (χ2v) is 4.34. The lowest BCUT2D eigenvalue weighted by Crippen LogP contribution is -2.14. The zero-order valence-electron chi connectivity index (χ0n) is 16.4. The van der Waals surface area contributed by atoms with Crippen LogP contribution in [0.1, 0.15) is 67.0 Å². The maximum absolute atomic E-state index is 5.64. The molecule has 2 N–H and O–H groups in total. The zero-order valence-corrected chi connectivity index (χ0v) is 16.4. The van der Waals surface area contributed by atoms with Crippen molar-refractivity contribution < 1.29 is 0 Å². The first-order valence-corrected chi connectivity index (χ1v) is 9.07. The summed E-state index contributed by atoms with van der Waals surface area (Å²) in [4.78, 5) is 4.42. The van der Waals surface area contributed by atoms with E-state index in [9.17, 15) is 0 Å². The van der Waals surface area contributed by atoms with E-state index in [1.807, 2.05) is 47.9 Å². The maximum Gasteiger partial charge on any atom is 0.0956 e. The molecule has 0 bridgehead atoms. The molecule has 0 saturated heterocycles. The number of nitrogens with zero attached hydrogens (tertiary/aromatic N) is 2. The van der Waals surface area contributed by atoms with Crippen molar-refractivity contribution in [3.8, 4) is 11.3 Å². The Kier molecular flexibility index (Phi) is 15.7.